The van der Waals surface area contributed by atoms with Gasteiger partial charge < -0.3 is 14.8 Å². The van der Waals surface area contributed by atoms with Gasteiger partial charge in [-0.3, -0.25) is 9.59 Å². The van der Waals surface area contributed by atoms with E-state index in [1.165, 1.54) is 5.56 Å². The average Bonchev–Trinajstić information content (AvgIpc) is 3.25. The second kappa shape index (κ2) is 8.19. The molecule has 0 saturated carbocycles. The number of para-hydroxylation sites is 2. The van der Waals surface area contributed by atoms with Crippen molar-refractivity contribution in [2.24, 2.45) is 0 Å². The summed E-state index contributed by atoms with van der Waals surface area (Å²) in [6.07, 6.45) is 0. The summed E-state index contributed by atoms with van der Waals surface area (Å²) >= 11 is 1.65. The van der Waals surface area contributed by atoms with Crippen LogP contribution in [0.25, 0.3) is 21.8 Å². The maximum atomic E-state index is 12.9. The Morgan fingerprint density at radius 1 is 1.03 bits per heavy atom. The minimum absolute atomic E-state index is 0.00186. The van der Waals surface area contributed by atoms with Crippen molar-refractivity contribution in [2.45, 2.75) is 12.6 Å². The monoisotopic (exact) mass is 405 g/mol. The number of fused-ring (bicyclic) bond motifs is 2. The number of nitrogens with zero attached hydrogens (tertiary/aromatic N) is 2. The lowest BCUT2D eigenvalue weighted by Gasteiger charge is -2.24. The first-order valence-corrected chi connectivity index (χ1v) is 10.5. The molecule has 29 heavy (non-hydrogen) atoms. The molecule has 5 nitrogen and oxygen atoms in total. The van der Waals surface area contributed by atoms with Crippen LogP contribution in [0.1, 0.15) is 11.6 Å². The molecule has 1 unspecified atom stereocenters. The topological polar surface area (TPSA) is 54.3 Å². The molecule has 0 saturated heterocycles. The quantitative estimate of drug-likeness (QED) is 0.499. The van der Waals surface area contributed by atoms with E-state index in [1.807, 2.05) is 72.6 Å². The molecule has 2 aromatic carbocycles. The zero-order chi connectivity index (χ0) is 20.4. The van der Waals surface area contributed by atoms with Crippen molar-refractivity contribution in [1.82, 2.24) is 14.8 Å². The van der Waals surface area contributed by atoms with Crippen LogP contribution in [0.2, 0.25) is 0 Å². The molecule has 0 radical (unpaired) electrons. The number of carbonyl (C=O) groups excluding carboxylic acids is 1. The highest BCUT2D eigenvalue weighted by atomic mass is 32.1. The highest BCUT2D eigenvalue weighted by Gasteiger charge is 2.17. The number of thiophene rings is 1. The molecule has 0 aliphatic carbocycles. The van der Waals surface area contributed by atoms with Crippen molar-refractivity contribution in [1.29, 1.82) is 0 Å². The normalized spacial score (nSPS) is 12.5. The maximum Gasteiger partial charge on any atom is 0.240 e. The number of nitrogens with one attached hydrogen (secondary N) is 1. The molecule has 2 aromatic heterocycles. The number of benzene rings is 2. The second-order valence-corrected chi connectivity index (χ2v) is 8.07. The van der Waals surface area contributed by atoms with Crippen LogP contribution in [-0.4, -0.2) is 36.0 Å². The van der Waals surface area contributed by atoms with Gasteiger partial charge in [-0.2, -0.15) is 11.3 Å². The molecule has 0 fully saturated rings. The number of amides is 1. The Kier molecular flexibility index (Phi) is 5.47. The Labute approximate surface area is 173 Å². The first-order valence-electron chi connectivity index (χ1n) is 9.52. The molecule has 1 atom stereocenters. The van der Waals surface area contributed by atoms with E-state index in [-0.39, 0.29) is 23.9 Å². The Bertz CT molecular complexity index is 1150. The van der Waals surface area contributed by atoms with Crippen LogP contribution in [-0.2, 0) is 11.3 Å². The molecule has 148 valence electrons. The van der Waals surface area contributed by atoms with Gasteiger partial charge in [-0.1, -0.05) is 24.3 Å². The number of carbonyl (C=O) groups is 1. The van der Waals surface area contributed by atoms with Crippen LogP contribution in [0, 0.1) is 0 Å². The molecule has 1 N–H and O–H groups in total. The van der Waals surface area contributed by atoms with E-state index < -0.39 is 0 Å². The Morgan fingerprint density at radius 2 is 1.66 bits per heavy atom. The molecule has 6 heteroatoms. The van der Waals surface area contributed by atoms with Crippen LogP contribution >= 0.6 is 11.3 Å². The van der Waals surface area contributed by atoms with Gasteiger partial charge in [-0.25, -0.2) is 0 Å². The highest BCUT2D eigenvalue weighted by molar-refractivity contribution is 7.08. The summed E-state index contributed by atoms with van der Waals surface area (Å²) in [4.78, 5) is 27.8. The molecule has 4 aromatic rings. The van der Waals surface area contributed by atoms with Crippen molar-refractivity contribution in [3.05, 3.63) is 81.1 Å². The van der Waals surface area contributed by atoms with Crippen molar-refractivity contribution in [2.75, 3.05) is 20.6 Å². The number of aromatic nitrogens is 1. The van der Waals surface area contributed by atoms with E-state index in [4.69, 9.17) is 0 Å². The number of hydrogen-bond donors (Lipinski definition) is 1. The first kappa shape index (κ1) is 19.4. The zero-order valence-electron chi connectivity index (χ0n) is 16.5. The standard InChI is InChI=1S/C23H23N3O2S/c1-25(2)21(16-11-12-29-15-16)13-24-22(27)14-26-19-9-5-3-7-17(19)23(28)18-8-4-6-10-20(18)26/h3-12,15,21H,13-14H2,1-2H3,(H,24,27). The summed E-state index contributed by atoms with van der Waals surface area (Å²) in [5, 5.41) is 8.48. The Hall–Kier alpha value is -2.96. The van der Waals surface area contributed by atoms with Gasteiger partial charge >= 0.3 is 0 Å². The zero-order valence-corrected chi connectivity index (χ0v) is 17.3. The van der Waals surface area contributed by atoms with Gasteiger partial charge in [0.25, 0.3) is 0 Å². The van der Waals surface area contributed by atoms with Gasteiger partial charge in [0.05, 0.1) is 17.1 Å². The number of pyridine rings is 1. The Balaban J connectivity index is 1.64. The van der Waals surface area contributed by atoms with E-state index in [9.17, 15) is 9.59 Å². The van der Waals surface area contributed by atoms with Crippen molar-refractivity contribution in [3.63, 3.8) is 0 Å². The van der Waals surface area contributed by atoms with Gasteiger partial charge in [-0.05, 0) is 60.8 Å². The molecule has 0 aliphatic heterocycles. The van der Waals surface area contributed by atoms with Crippen LogP contribution < -0.4 is 10.7 Å². The lowest BCUT2D eigenvalue weighted by molar-refractivity contribution is -0.121. The van der Waals surface area contributed by atoms with Crippen molar-refractivity contribution < 1.29 is 4.79 Å². The summed E-state index contributed by atoms with van der Waals surface area (Å²) < 4.78 is 1.93. The smallest absolute Gasteiger partial charge is 0.240 e. The van der Waals surface area contributed by atoms with E-state index in [1.54, 1.807) is 11.3 Å². The van der Waals surface area contributed by atoms with E-state index in [0.29, 0.717) is 17.3 Å². The fraction of sp³-hybridized carbons (Fsp3) is 0.217. The van der Waals surface area contributed by atoms with Gasteiger partial charge in [-0.15, -0.1) is 0 Å². The van der Waals surface area contributed by atoms with Gasteiger partial charge in [0.1, 0.15) is 6.54 Å². The lowest BCUT2D eigenvalue weighted by Crippen LogP contribution is -2.36. The third kappa shape index (κ3) is 3.81. The summed E-state index contributed by atoms with van der Waals surface area (Å²) in [6, 6.07) is 17.1. The molecule has 0 spiro atoms. The number of hydrogen-bond acceptors (Lipinski definition) is 4. The minimum Gasteiger partial charge on any atom is -0.353 e. The molecule has 2 heterocycles. The molecule has 1 amide bonds. The van der Waals surface area contributed by atoms with E-state index in [0.717, 1.165) is 11.0 Å². The van der Waals surface area contributed by atoms with Crippen molar-refractivity contribution in [3.8, 4) is 0 Å². The summed E-state index contributed by atoms with van der Waals surface area (Å²) in [6.45, 7) is 0.684. The fourth-order valence-electron chi connectivity index (χ4n) is 3.72. The third-order valence-electron chi connectivity index (χ3n) is 5.22. The second-order valence-electron chi connectivity index (χ2n) is 7.29. The van der Waals surface area contributed by atoms with Gasteiger partial charge in [0, 0.05) is 17.3 Å². The van der Waals surface area contributed by atoms with Gasteiger partial charge in [0.15, 0.2) is 5.43 Å². The SMILES string of the molecule is CN(C)C(CNC(=O)Cn1c2ccccc2c(=O)c2ccccc21)c1ccsc1. The molecule has 4 rings (SSSR count). The predicted molar refractivity (Wildman–Crippen MR) is 119 cm³/mol. The highest BCUT2D eigenvalue weighted by Crippen LogP contribution is 2.21. The molecular formula is C23H23N3O2S. The number of likely N-dealkylation sites (N-methyl/N-ethyl adjacent to an activating group) is 1. The van der Waals surface area contributed by atoms with E-state index in [2.05, 4.69) is 21.7 Å². The van der Waals surface area contributed by atoms with Crippen LogP contribution in [0.4, 0.5) is 0 Å². The predicted octanol–water partition coefficient (Wildman–Crippen LogP) is 3.64. The molecule has 0 aliphatic rings. The van der Waals surface area contributed by atoms with Crippen LogP contribution in [0.3, 0.4) is 0 Å². The van der Waals surface area contributed by atoms with Gasteiger partial charge in [0.2, 0.25) is 5.91 Å². The minimum atomic E-state index is -0.0777. The lowest BCUT2D eigenvalue weighted by atomic mass is 10.1. The average molecular weight is 406 g/mol. The Morgan fingerprint density at radius 3 is 2.21 bits per heavy atom. The molecule has 0 bridgehead atoms. The maximum absolute atomic E-state index is 12.9. The van der Waals surface area contributed by atoms with E-state index >= 15 is 0 Å². The summed E-state index contributed by atoms with van der Waals surface area (Å²) in [7, 11) is 4.02. The van der Waals surface area contributed by atoms with Crippen LogP contribution in [0.15, 0.2) is 70.2 Å². The summed E-state index contributed by atoms with van der Waals surface area (Å²) in [5.74, 6) is -0.0777. The number of rotatable bonds is 6. The molecular weight excluding hydrogens is 382 g/mol. The largest absolute Gasteiger partial charge is 0.353 e. The fourth-order valence-corrected chi connectivity index (χ4v) is 4.43. The summed E-state index contributed by atoms with van der Waals surface area (Å²) in [5.41, 5.74) is 2.74. The van der Waals surface area contributed by atoms with Crippen LogP contribution in [0.5, 0.6) is 0 Å². The first-order chi connectivity index (χ1) is 14.1. The third-order valence-corrected chi connectivity index (χ3v) is 5.93. The van der Waals surface area contributed by atoms with Crippen molar-refractivity contribution >= 4 is 39.0 Å².